The van der Waals surface area contributed by atoms with Crippen LogP contribution in [0.25, 0.3) is 0 Å². The number of carbonyl (C=O) groups is 2. The first-order valence-electron chi connectivity index (χ1n) is 8.93. The second kappa shape index (κ2) is 11.3. The van der Waals surface area contributed by atoms with Gasteiger partial charge in [-0.25, -0.2) is 0 Å². The molecule has 0 aliphatic carbocycles. The number of hydrogen-bond acceptors (Lipinski definition) is 5. The number of aromatic hydroxyl groups is 3. The maximum Gasteiger partial charge on any atom is 0.153 e. The van der Waals surface area contributed by atoms with E-state index in [9.17, 15) is 14.7 Å². The lowest BCUT2D eigenvalue weighted by Gasteiger charge is -2.02. The van der Waals surface area contributed by atoms with E-state index in [1.165, 1.54) is 0 Å². The maximum absolute atomic E-state index is 10.3. The number of aryl methyl sites for hydroxylation is 4. The van der Waals surface area contributed by atoms with E-state index in [0.717, 1.165) is 22.3 Å². The number of phenolic OH excluding ortho intramolecular Hbond substituents is 3. The van der Waals surface area contributed by atoms with Gasteiger partial charge in [-0.3, -0.25) is 9.59 Å². The van der Waals surface area contributed by atoms with Gasteiger partial charge in [-0.15, -0.1) is 0 Å². The molecular formula is C24H26O5. The molecule has 3 rings (SSSR count). The third kappa shape index (κ3) is 7.89. The molecule has 0 bridgehead atoms. The summed E-state index contributed by atoms with van der Waals surface area (Å²) in [6, 6.07) is 15.4. The van der Waals surface area contributed by atoms with Crippen molar-refractivity contribution in [1.29, 1.82) is 0 Å². The van der Waals surface area contributed by atoms with E-state index in [1.54, 1.807) is 42.5 Å². The molecule has 0 aromatic heterocycles. The van der Waals surface area contributed by atoms with Gasteiger partial charge >= 0.3 is 0 Å². The van der Waals surface area contributed by atoms with Crippen molar-refractivity contribution in [3.05, 3.63) is 88.0 Å². The Bertz CT molecular complexity index is 960. The zero-order chi connectivity index (χ0) is 22.0. The molecule has 0 saturated carbocycles. The molecule has 0 saturated heterocycles. The van der Waals surface area contributed by atoms with E-state index >= 15 is 0 Å². The Kier molecular flexibility index (Phi) is 9.13. The third-order valence-electron chi connectivity index (χ3n) is 4.08. The Morgan fingerprint density at radius 2 is 1.17 bits per heavy atom. The molecular weight excluding hydrogens is 368 g/mol. The molecule has 0 spiro atoms. The van der Waals surface area contributed by atoms with Crippen molar-refractivity contribution in [2.24, 2.45) is 0 Å². The van der Waals surface area contributed by atoms with Crippen LogP contribution < -0.4 is 0 Å². The topological polar surface area (TPSA) is 94.8 Å². The first kappa shape index (κ1) is 23.4. The van der Waals surface area contributed by atoms with Crippen molar-refractivity contribution in [1.82, 2.24) is 0 Å². The van der Waals surface area contributed by atoms with Gasteiger partial charge in [0.25, 0.3) is 0 Å². The van der Waals surface area contributed by atoms with Crippen LogP contribution in [0.15, 0.2) is 54.6 Å². The lowest BCUT2D eigenvalue weighted by Crippen LogP contribution is -1.86. The Morgan fingerprint density at radius 3 is 1.66 bits per heavy atom. The molecule has 0 aliphatic rings. The Hall–Kier alpha value is -3.60. The van der Waals surface area contributed by atoms with E-state index in [1.807, 2.05) is 39.8 Å². The molecule has 0 heterocycles. The number of carbonyl (C=O) groups excluding carboxylic acids is 2. The van der Waals surface area contributed by atoms with E-state index in [-0.39, 0.29) is 11.5 Å². The molecule has 0 fully saturated rings. The largest absolute Gasteiger partial charge is 0.508 e. The first-order valence-corrected chi connectivity index (χ1v) is 8.93. The highest BCUT2D eigenvalue weighted by Crippen LogP contribution is 2.19. The van der Waals surface area contributed by atoms with Crippen molar-refractivity contribution < 1.29 is 24.9 Å². The van der Waals surface area contributed by atoms with Crippen LogP contribution in [0.5, 0.6) is 17.2 Å². The van der Waals surface area contributed by atoms with Crippen molar-refractivity contribution in [2.45, 2.75) is 27.7 Å². The van der Waals surface area contributed by atoms with Crippen molar-refractivity contribution in [3.63, 3.8) is 0 Å². The fourth-order valence-corrected chi connectivity index (χ4v) is 2.30. The second-order valence-electron chi connectivity index (χ2n) is 6.63. The third-order valence-corrected chi connectivity index (χ3v) is 4.08. The van der Waals surface area contributed by atoms with Crippen molar-refractivity contribution in [2.75, 3.05) is 0 Å². The van der Waals surface area contributed by atoms with Gasteiger partial charge in [0.05, 0.1) is 11.1 Å². The van der Waals surface area contributed by atoms with Gasteiger partial charge in [-0.05, 0) is 86.3 Å². The molecule has 5 nitrogen and oxygen atoms in total. The molecule has 29 heavy (non-hydrogen) atoms. The van der Waals surface area contributed by atoms with Gasteiger partial charge in [0.1, 0.15) is 17.2 Å². The standard InChI is InChI=1S/C9H10O2.C8H8O2.C7H8O/c1-6-3-8(5-10)9(11)4-7(6)2;1-6-2-3-7(5-9)8(10)4-6;1-6-3-2-4-7(8)5-6/h3-5,11H,1-2H3;2-5,10H,1H3;2-5,8H,1H3. The Labute approximate surface area is 170 Å². The number of hydrogen-bond donors (Lipinski definition) is 3. The summed E-state index contributed by atoms with van der Waals surface area (Å²) in [5.74, 6) is 0.447. The Morgan fingerprint density at radius 1 is 0.621 bits per heavy atom. The smallest absolute Gasteiger partial charge is 0.153 e. The van der Waals surface area contributed by atoms with Crippen molar-refractivity contribution >= 4 is 12.6 Å². The number of aldehydes is 2. The predicted molar refractivity (Wildman–Crippen MR) is 114 cm³/mol. The minimum atomic E-state index is 0.0509. The van der Waals surface area contributed by atoms with Gasteiger partial charge in [0.2, 0.25) is 0 Å². The van der Waals surface area contributed by atoms with Crippen LogP contribution in [0.1, 0.15) is 43.0 Å². The number of benzene rings is 3. The highest BCUT2D eigenvalue weighted by Gasteiger charge is 2.01. The fraction of sp³-hybridized carbons (Fsp3) is 0.167. The minimum Gasteiger partial charge on any atom is -0.508 e. The number of phenols is 3. The molecule has 3 aromatic carbocycles. The summed E-state index contributed by atoms with van der Waals surface area (Å²) in [6.07, 6.45) is 1.29. The molecule has 152 valence electrons. The van der Waals surface area contributed by atoms with Gasteiger partial charge in [0, 0.05) is 0 Å². The zero-order valence-corrected chi connectivity index (χ0v) is 17.0. The summed E-state index contributed by atoms with van der Waals surface area (Å²) in [5, 5.41) is 27.1. The van der Waals surface area contributed by atoms with Crippen LogP contribution in [-0.2, 0) is 0 Å². The summed E-state index contributed by atoms with van der Waals surface area (Å²) in [7, 11) is 0. The highest BCUT2D eigenvalue weighted by atomic mass is 16.3. The normalized spacial score (nSPS) is 9.38. The minimum absolute atomic E-state index is 0.0509. The van der Waals surface area contributed by atoms with Crippen LogP contribution >= 0.6 is 0 Å². The van der Waals surface area contributed by atoms with E-state index in [0.29, 0.717) is 29.4 Å². The average molecular weight is 394 g/mol. The lowest BCUT2D eigenvalue weighted by molar-refractivity contribution is 0.111. The van der Waals surface area contributed by atoms with Crippen molar-refractivity contribution in [3.8, 4) is 17.2 Å². The molecule has 0 radical (unpaired) electrons. The van der Waals surface area contributed by atoms with Crippen LogP contribution in [0.2, 0.25) is 0 Å². The molecule has 0 unspecified atom stereocenters. The molecule has 5 heteroatoms. The van der Waals surface area contributed by atoms with E-state index < -0.39 is 0 Å². The maximum atomic E-state index is 10.3. The van der Waals surface area contributed by atoms with Gasteiger partial charge < -0.3 is 15.3 Å². The predicted octanol–water partition coefficient (Wildman–Crippen LogP) is 5.04. The van der Waals surface area contributed by atoms with Gasteiger partial charge in [-0.2, -0.15) is 0 Å². The Balaban J connectivity index is 0.000000220. The van der Waals surface area contributed by atoms with Crippen LogP contribution in [0.4, 0.5) is 0 Å². The zero-order valence-electron chi connectivity index (χ0n) is 17.0. The SMILES string of the molecule is Cc1cc(O)c(C=O)cc1C.Cc1ccc(C=O)c(O)c1.Cc1cccc(O)c1. The van der Waals surface area contributed by atoms with E-state index in [2.05, 4.69) is 0 Å². The lowest BCUT2D eigenvalue weighted by atomic mass is 10.1. The first-order chi connectivity index (χ1) is 13.7. The van der Waals surface area contributed by atoms with Crippen LogP contribution in [0, 0.1) is 27.7 Å². The summed E-state index contributed by atoms with van der Waals surface area (Å²) in [4.78, 5) is 20.5. The fourth-order valence-electron chi connectivity index (χ4n) is 2.30. The van der Waals surface area contributed by atoms with Crippen LogP contribution in [0.3, 0.4) is 0 Å². The van der Waals surface area contributed by atoms with Gasteiger partial charge in [0.15, 0.2) is 12.6 Å². The summed E-state index contributed by atoms with van der Waals surface area (Å²) in [5.41, 5.74) is 4.74. The molecule has 0 atom stereocenters. The summed E-state index contributed by atoms with van der Waals surface area (Å²) >= 11 is 0. The number of rotatable bonds is 2. The van der Waals surface area contributed by atoms with Gasteiger partial charge in [-0.1, -0.05) is 18.2 Å². The summed E-state index contributed by atoms with van der Waals surface area (Å²) in [6.45, 7) is 7.60. The summed E-state index contributed by atoms with van der Waals surface area (Å²) < 4.78 is 0. The second-order valence-corrected chi connectivity index (χ2v) is 6.63. The quantitative estimate of drug-likeness (QED) is 0.530. The molecule has 3 N–H and O–H groups in total. The molecule has 0 amide bonds. The highest BCUT2D eigenvalue weighted by molar-refractivity contribution is 5.80. The van der Waals surface area contributed by atoms with E-state index in [4.69, 9.17) is 10.2 Å². The molecule has 3 aromatic rings. The van der Waals surface area contributed by atoms with Crippen LogP contribution in [-0.4, -0.2) is 27.9 Å². The monoisotopic (exact) mass is 394 g/mol. The average Bonchev–Trinajstić information content (AvgIpc) is 2.66. The molecule has 0 aliphatic heterocycles.